The zero-order chi connectivity index (χ0) is 31.4. The molecule has 14 nitrogen and oxygen atoms in total. The minimum atomic E-state index is -1.23. The second-order valence-corrected chi connectivity index (χ2v) is 9.92. The number of nitrogens with one attached hydrogen (secondary N) is 5. The van der Waals surface area contributed by atoms with Crippen LogP contribution in [0.1, 0.15) is 23.7 Å². The number of amides is 4. The van der Waals surface area contributed by atoms with Crippen LogP contribution in [0, 0.1) is 0 Å². The summed E-state index contributed by atoms with van der Waals surface area (Å²) in [6.07, 6.45) is 3.08. The summed E-state index contributed by atoms with van der Waals surface area (Å²) in [5.41, 5.74) is 7.88. The fourth-order valence-electron chi connectivity index (χ4n) is 4.07. The van der Waals surface area contributed by atoms with Crippen LogP contribution in [-0.2, 0) is 43.2 Å². The minimum absolute atomic E-state index is 0.00795. The number of hydrogen-bond donors (Lipinski definition) is 8. The molecule has 3 aromatic rings. The molecule has 43 heavy (non-hydrogen) atoms. The predicted octanol–water partition coefficient (Wildman–Crippen LogP) is -0.854. The number of carboxylic acids is 1. The van der Waals surface area contributed by atoms with E-state index in [4.69, 9.17) is 5.73 Å². The first-order valence-electron chi connectivity index (χ1n) is 13.5. The van der Waals surface area contributed by atoms with Crippen molar-refractivity contribution in [1.82, 2.24) is 31.2 Å². The fourth-order valence-corrected chi connectivity index (χ4v) is 4.07. The molecular weight excluding hydrogens is 558 g/mol. The van der Waals surface area contributed by atoms with E-state index in [-0.39, 0.29) is 25.0 Å². The number of aromatic hydroxyl groups is 1. The second-order valence-electron chi connectivity index (χ2n) is 9.92. The zero-order valence-corrected chi connectivity index (χ0v) is 23.4. The monoisotopic (exact) mass is 593 g/mol. The van der Waals surface area contributed by atoms with Crippen molar-refractivity contribution >= 4 is 29.6 Å². The van der Waals surface area contributed by atoms with Gasteiger partial charge in [-0.2, -0.15) is 0 Å². The third-order valence-corrected chi connectivity index (χ3v) is 6.43. The molecule has 9 N–H and O–H groups in total. The van der Waals surface area contributed by atoms with Crippen LogP contribution >= 0.6 is 0 Å². The number of nitrogens with two attached hydrogens (primary N) is 1. The summed E-state index contributed by atoms with van der Waals surface area (Å²) in [7, 11) is 0. The number of aromatic amines is 1. The summed E-state index contributed by atoms with van der Waals surface area (Å²) in [4.78, 5) is 69.5. The third kappa shape index (κ3) is 10.6. The highest BCUT2D eigenvalue weighted by molar-refractivity contribution is 5.94. The number of carbonyl (C=O) groups excluding carboxylic acids is 4. The number of aliphatic carboxylic acids is 1. The van der Waals surface area contributed by atoms with Crippen molar-refractivity contribution in [2.75, 3.05) is 6.54 Å². The van der Waals surface area contributed by atoms with Crippen molar-refractivity contribution in [2.45, 2.75) is 50.4 Å². The highest BCUT2D eigenvalue weighted by Crippen LogP contribution is 2.11. The van der Waals surface area contributed by atoms with Crippen LogP contribution in [0.2, 0.25) is 0 Å². The lowest BCUT2D eigenvalue weighted by Gasteiger charge is -2.22. The van der Waals surface area contributed by atoms with E-state index in [2.05, 4.69) is 31.2 Å². The Morgan fingerprint density at radius 1 is 0.837 bits per heavy atom. The van der Waals surface area contributed by atoms with Gasteiger partial charge in [0.1, 0.15) is 23.9 Å². The number of phenols is 1. The molecule has 228 valence electrons. The lowest BCUT2D eigenvalue weighted by molar-refractivity contribution is -0.142. The maximum atomic E-state index is 13.1. The molecule has 4 atom stereocenters. The molecule has 14 heteroatoms. The minimum Gasteiger partial charge on any atom is -0.508 e. The number of rotatable bonds is 15. The van der Waals surface area contributed by atoms with E-state index < -0.39 is 60.3 Å². The van der Waals surface area contributed by atoms with E-state index in [1.165, 1.54) is 31.6 Å². The molecule has 2 aromatic carbocycles. The van der Waals surface area contributed by atoms with Gasteiger partial charge in [0, 0.05) is 24.7 Å². The van der Waals surface area contributed by atoms with Crippen LogP contribution in [0.25, 0.3) is 0 Å². The van der Waals surface area contributed by atoms with Crippen molar-refractivity contribution < 1.29 is 34.2 Å². The molecule has 0 aliphatic heterocycles. The first-order chi connectivity index (χ1) is 20.5. The molecule has 0 aliphatic carbocycles. The summed E-state index contributed by atoms with van der Waals surface area (Å²) in [5, 5.41) is 28.9. The maximum absolute atomic E-state index is 13.1. The van der Waals surface area contributed by atoms with E-state index in [1.54, 1.807) is 42.5 Å². The van der Waals surface area contributed by atoms with Gasteiger partial charge in [-0.25, -0.2) is 9.78 Å². The molecule has 1 heterocycles. The van der Waals surface area contributed by atoms with Gasteiger partial charge < -0.3 is 42.2 Å². The Kier molecular flexibility index (Phi) is 11.8. The maximum Gasteiger partial charge on any atom is 0.326 e. The molecule has 0 aliphatic rings. The van der Waals surface area contributed by atoms with Crippen molar-refractivity contribution in [3.8, 4) is 5.75 Å². The number of H-pyrrole nitrogens is 1. The topological polar surface area (TPSA) is 229 Å². The molecule has 0 spiro atoms. The molecule has 0 unspecified atom stereocenters. The van der Waals surface area contributed by atoms with Gasteiger partial charge in [-0.1, -0.05) is 42.5 Å². The highest BCUT2D eigenvalue weighted by atomic mass is 16.4. The Bertz CT molecular complexity index is 1380. The number of carbonyl (C=O) groups is 5. The lowest BCUT2D eigenvalue weighted by atomic mass is 10.1. The highest BCUT2D eigenvalue weighted by Gasteiger charge is 2.28. The Morgan fingerprint density at radius 3 is 2.14 bits per heavy atom. The van der Waals surface area contributed by atoms with E-state index in [0.29, 0.717) is 16.8 Å². The molecule has 0 saturated heterocycles. The molecule has 3 rings (SSSR count). The van der Waals surface area contributed by atoms with Crippen molar-refractivity contribution in [1.29, 1.82) is 0 Å². The molecule has 0 radical (unpaired) electrons. The van der Waals surface area contributed by atoms with Crippen molar-refractivity contribution in [3.63, 3.8) is 0 Å². The summed E-state index contributed by atoms with van der Waals surface area (Å²) in [6, 6.07) is 10.5. The quantitative estimate of drug-likeness (QED) is 0.110. The smallest absolute Gasteiger partial charge is 0.326 e. The number of aromatic nitrogens is 2. The molecular formula is C29H35N7O7. The Morgan fingerprint density at radius 2 is 1.51 bits per heavy atom. The SMILES string of the molecule is C[C@H](NC(=O)[C@H](Cc1cnc[nH]1)NC(=O)CNC(=O)[C@@H](N)Cc1ccc(O)cc1)C(=O)N[C@@H](Cc1ccccc1)C(=O)O. The van der Waals surface area contributed by atoms with E-state index in [0.717, 1.165) is 0 Å². The summed E-state index contributed by atoms with van der Waals surface area (Å²) >= 11 is 0. The van der Waals surface area contributed by atoms with E-state index in [1.807, 2.05) is 0 Å². The summed E-state index contributed by atoms with van der Waals surface area (Å²) < 4.78 is 0. The molecule has 1 aromatic heterocycles. The molecule has 4 amide bonds. The van der Waals surface area contributed by atoms with Crippen molar-refractivity contribution in [2.24, 2.45) is 5.73 Å². The van der Waals surface area contributed by atoms with Gasteiger partial charge in [0.2, 0.25) is 23.6 Å². The Hall–Kier alpha value is -5.24. The number of carboxylic acid groups (broad SMARTS) is 1. The van der Waals surface area contributed by atoms with Crippen LogP contribution in [0.4, 0.5) is 0 Å². The first-order valence-corrected chi connectivity index (χ1v) is 13.5. The predicted molar refractivity (Wildman–Crippen MR) is 154 cm³/mol. The van der Waals surface area contributed by atoms with Gasteiger partial charge in [0.25, 0.3) is 0 Å². The van der Waals surface area contributed by atoms with Gasteiger partial charge in [-0.05, 0) is 36.6 Å². The average molecular weight is 594 g/mol. The van der Waals surface area contributed by atoms with Crippen LogP contribution in [0.15, 0.2) is 67.1 Å². The Balaban J connectivity index is 1.56. The second kappa shape index (κ2) is 15.7. The largest absolute Gasteiger partial charge is 0.508 e. The molecule has 0 saturated carbocycles. The molecule has 0 fully saturated rings. The fraction of sp³-hybridized carbons (Fsp3) is 0.310. The normalized spacial score (nSPS) is 13.5. The number of nitrogens with zero attached hydrogens (tertiary/aromatic N) is 1. The number of hydrogen-bond acceptors (Lipinski definition) is 8. The van der Waals surface area contributed by atoms with Crippen molar-refractivity contribution in [3.05, 3.63) is 83.9 Å². The lowest BCUT2D eigenvalue weighted by Crippen LogP contribution is -2.56. The van der Waals surface area contributed by atoms with Crippen LogP contribution in [0.5, 0.6) is 5.75 Å². The Labute approximate surface area is 247 Å². The van der Waals surface area contributed by atoms with Gasteiger partial charge in [-0.15, -0.1) is 0 Å². The van der Waals surface area contributed by atoms with Gasteiger partial charge in [-0.3, -0.25) is 19.2 Å². The van der Waals surface area contributed by atoms with Gasteiger partial charge in [0.05, 0.1) is 18.9 Å². The summed E-state index contributed by atoms with van der Waals surface area (Å²) in [6.45, 7) is 0.921. The zero-order valence-electron chi connectivity index (χ0n) is 23.4. The number of imidazole rings is 1. The first kappa shape index (κ1) is 32.3. The van der Waals surface area contributed by atoms with Gasteiger partial charge >= 0.3 is 5.97 Å². The van der Waals surface area contributed by atoms with E-state index >= 15 is 0 Å². The van der Waals surface area contributed by atoms with Gasteiger partial charge in [0.15, 0.2) is 0 Å². The number of benzene rings is 2. The third-order valence-electron chi connectivity index (χ3n) is 6.43. The molecule has 0 bridgehead atoms. The van der Waals surface area contributed by atoms with Crippen LogP contribution in [0.3, 0.4) is 0 Å². The average Bonchev–Trinajstić information content (AvgIpc) is 3.50. The number of phenolic OH excluding ortho intramolecular Hbond substituents is 1. The van der Waals surface area contributed by atoms with E-state index in [9.17, 15) is 34.2 Å². The standard InChI is InChI=1S/C29H35N7O7/c1-17(26(39)36-24(29(42)43)12-18-5-3-2-4-6-18)34-28(41)23(13-20-14-31-16-33-20)35-25(38)15-32-27(40)22(30)11-19-7-9-21(37)10-8-19/h2-10,14,16-17,22-24,37H,11-13,15,30H2,1H3,(H,31,33)(H,32,40)(H,34,41)(H,35,38)(H,36,39)(H,42,43)/t17-,22-,23-,24-/m0/s1. The van der Waals surface area contributed by atoms with Crippen LogP contribution in [-0.4, -0.2) is 80.5 Å². The van der Waals surface area contributed by atoms with Crippen LogP contribution < -0.4 is 27.0 Å². The summed E-state index contributed by atoms with van der Waals surface area (Å²) in [5.74, 6) is -3.86.